The summed E-state index contributed by atoms with van der Waals surface area (Å²) in [7, 11) is 0. The maximum Gasteiger partial charge on any atom is 0.315 e. The molecule has 0 saturated carbocycles. The van der Waals surface area contributed by atoms with Crippen molar-refractivity contribution in [1.29, 1.82) is 0 Å². The van der Waals surface area contributed by atoms with Crippen molar-refractivity contribution in [2.45, 2.75) is 19.6 Å². The van der Waals surface area contributed by atoms with Crippen molar-refractivity contribution >= 4 is 6.03 Å². The van der Waals surface area contributed by atoms with Gasteiger partial charge in [-0.1, -0.05) is 0 Å². The molecule has 0 bridgehead atoms. The van der Waals surface area contributed by atoms with Crippen LogP contribution in [0.25, 0.3) is 0 Å². The van der Waals surface area contributed by atoms with Crippen LogP contribution < -0.4 is 5.73 Å². The summed E-state index contributed by atoms with van der Waals surface area (Å²) < 4.78 is 3.96. The van der Waals surface area contributed by atoms with Gasteiger partial charge < -0.3 is 15.2 Å². The molecule has 0 saturated heterocycles. The van der Waals surface area contributed by atoms with Gasteiger partial charge in [0.2, 0.25) is 0 Å². The van der Waals surface area contributed by atoms with Gasteiger partial charge in [0.05, 0.1) is 6.54 Å². The van der Waals surface area contributed by atoms with E-state index in [9.17, 15) is 4.79 Å². The number of hydrogen-bond acceptors (Lipinski definition) is 3. The fraction of sp³-hybridized carbons (Fsp3) is 0.417. The molecule has 2 N–H and O–H groups in total. The van der Waals surface area contributed by atoms with Gasteiger partial charge in [0.1, 0.15) is 5.82 Å². The molecule has 1 aliphatic rings. The lowest BCUT2D eigenvalue weighted by Gasteiger charge is -2.22. The Morgan fingerprint density at radius 1 is 1.37 bits per heavy atom. The van der Waals surface area contributed by atoms with Crippen LogP contribution in [0.3, 0.4) is 0 Å². The van der Waals surface area contributed by atoms with Gasteiger partial charge >= 0.3 is 6.03 Å². The van der Waals surface area contributed by atoms with E-state index in [2.05, 4.69) is 14.6 Å². The summed E-state index contributed by atoms with van der Waals surface area (Å²) >= 11 is 0. The summed E-state index contributed by atoms with van der Waals surface area (Å²) in [6, 6.07) is 1.49. The van der Waals surface area contributed by atoms with Gasteiger partial charge in [-0.25, -0.2) is 9.78 Å². The van der Waals surface area contributed by atoms with Gasteiger partial charge in [0, 0.05) is 50.3 Å². The number of primary amides is 1. The van der Waals surface area contributed by atoms with E-state index >= 15 is 0 Å². The number of carbonyl (C=O) groups is 1. The number of imidazole rings is 1. The third kappa shape index (κ3) is 2.44. The highest BCUT2D eigenvalue weighted by atomic mass is 16.2. The number of hydrogen-bond donors (Lipinski definition) is 1. The zero-order valence-corrected chi connectivity index (χ0v) is 10.5. The number of carbonyl (C=O) groups excluding carboxylic acids is 1. The smallest absolute Gasteiger partial charge is 0.315 e. The van der Waals surface area contributed by atoms with Gasteiger partial charge in [0.25, 0.3) is 0 Å². The zero-order valence-electron chi connectivity index (χ0n) is 10.5. The number of urea groups is 1. The molecule has 3 heterocycles. The maximum absolute atomic E-state index is 11.5. The van der Waals surface area contributed by atoms with Gasteiger partial charge in [-0.3, -0.25) is 4.68 Å². The van der Waals surface area contributed by atoms with Crippen molar-refractivity contribution in [1.82, 2.24) is 24.2 Å². The number of amides is 2. The molecule has 2 amide bonds. The second-order valence-corrected chi connectivity index (χ2v) is 4.81. The van der Waals surface area contributed by atoms with Gasteiger partial charge in [0.15, 0.2) is 0 Å². The molecule has 1 atom stereocenters. The number of nitrogens with two attached hydrogens (primary N) is 1. The Morgan fingerprint density at radius 2 is 2.26 bits per heavy atom. The van der Waals surface area contributed by atoms with E-state index in [0.717, 1.165) is 18.9 Å². The Labute approximate surface area is 110 Å². The first kappa shape index (κ1) is 11.8. The quantitative estimate of drug-likeness (QED) is 0.842. The van der Waals surface area contributed by atoms with Gasteiger partial charge in [-0.15, -0.1) is 0 Å². The number of nitrogens with zero attached hydrogens (tertiary/aromatic N) is 5. The van der Waals surface area contributed by atoms with Crippen LogP contribution in [0.5, 0.6) is 0 Å². The molecule has 0 aliphatic carbocycles. The fourth-order valence-corrected chi connectivity index (χ4v) is 2.50. The Kier molecular flexibility index (Phi) is 2.94. The molecule has 0 aromatic carbocycles. The monoisotopic (exact) mass is 260 g/mol. The Bertz CT molecular complexity index is 561. The molecular formula is C12H16N6O. The predicted octanol–water partition coefficient (Wildman–Crippen LogP) is 0.290. The highest BCUT2D eigenvalue weighted by Gasteiger charge is 2.24. The van der Waals surface area contributed by atoms with E-state index < -0.39 is 6.03 Å². The molecule has 1 unspecified atom stereocenters. The van der Waals surface area contributed by atoms with Crippen LogP contribution in [0.15, 0.2) is 30.9 Å². The molecular weight excluding hydrogens is 244 g/mol. The highest BCUT2D eigenvalue weighted by molar-refractivity contribution is 5.71. The van der Waals surface area contributed by atoms with Crippen LogP contribution in [0.1, 0.15) is 5.82 Å². The van der Waals surface area contributed by atoms with E-state index in [0.29, 0.717) is 13.1 Å². The van der Waals surface area contributed by atoms with Crippen LogP contribution in [-0.4, -0.2) is 36.8 Å². The average Bonchev–Trinajstić information content (AvgIpc) is 2.98. The summed E-state index contributed by atoms with van der Waals surface area (Å²) in [5.74, 6) is 1.14. The summed E-state index contributed by atoms with van der Waals surface area (Å²) in [4.78, 5) is 17.4. The van der Waals surface area contributed by atoms with Crippen molar-refractivity contribution in [2.75, 3.05) is 6.54 Å². The number of rotatable bonds is 2. The van der Waals surface area contributed by atoms with E-state index in [1.807, 2.05) is 23.1 Å². The first-order valence-corrected chi connectivity index (χ1v) is 6.24. The maximum atomic E-state index is 11.5. The standard InChI is InChI=1S/C12H16N6O/c13-12(19)17-7-10(8-18-4-1-2-15-18)6-16-5-3-14-11(16)9-17/h1-5,10H,6-9H2,(H2,13,19). The molecule has 2 aromatic rings. The normalized spacial score (nSPS) is 18.9. The third-order valence-electron chi connectivity index (χ3n) is 3.38. The van der Waals surface area contributed by atoms with Gasteiger partial charge in [-0.05, 0) is 6.07 Å². The van der Waals surface area contributed by atoms with Crippen molar-refractivity contribution < 1.29 is 4.79 Å². The summed E-state index contributed by atoms with van der Waals surface area (Å²) in [6.45, 7) is 2.67. The molecule has 1 aliphatic heterocycles. The van der Waals surface area contributed by atoms with E-state index in [1.165, 1.54) is 0 Å². The number of fused-ring (bicyclic) bond motifs is 1. The Balaban J connectivity index is 1.82. The van der Waals surface area contributed by atoms with E-state index in [1.54, 1.807) is 17.3 Å². The van der Waals surface area contributed by atoms with Crippen molar-refractivity contribution in [3.05, 3.63) is 36.7 Å². The molecule has 19 heavy (non-hydrogen) atoms. The molecule has 7 heteroatoms. The van der Waals surface area contributed by atoms with Crippen LogP contribution in [0, 0.1) is 5.92 Å². The van der Waals surface area contributed by atoms with Crippen molar-refractivity contribution in [3.63, 3.8) is 0 Å². The average molecular weight is 260 g/mol. The summed E-state index contributed by atoms with van der Waals surface area (Å²) in [5.41, 5.74) is 5.43. The Morgan fingerprint density at radius 3 is 3.00 bits per heavy atom. The minimum Gasteiger partial charge on any atom is -0.351 e. The molecule has 0 fully saturated rings. The molecule has 2 aromatic heterocycles. The molecule has 0 radical (unpaired) electrons. The largest absolute Gasteiger partial charge is 0.351 e. The third-order valence-corrected chi connectivity index (χ3v) is 3.38. The first-order valence-electron chi connectivity index (χ1n) is 6.24. The van der Waals surface area contributed by atoms with Crippen LogP contribution in [0.4, 0.5) is 4.79 Å². The Hall–Kier alpha value is -2.31. The highest BCUT2D eigenvalue weighted by Crippen LogP contribution is 2.16. The lowest BCUT2D eigenvalue weighted by Crippen LogP contribution is -2.38. The molecule has 7 nitrogen and oxygen atoms in total. The van der Waals surface area contributed by atoms with Gasteiger partial charge in [-0.2, -0.15) is 5.10 Å². The summed E-state index contributed by atoms with van der Waals surface area (Å²) in [5, 5.41) is 4.21. The lowest BCUT2D eigenvalue weighted by molar-refractivity contribution is 0.191. The zero-order chi connectivity index (χ0) is 13.2. The van der Waals surface area contributed by atoms with E-state index in [-0.39, 0.29) is 5.92 Å². The summed E-state index contributed by atoms with van der Waals surface area (Å²) in [6.07, 6.45) is 7.38. The second-order valence-electron chi connectivity index (χ2n) is 4.81. The van der Waals surface area contributed by atoms with Crippen molar-refractivity contribution in [2.24, 2.45) is 11.7 Å². The fourth-order valence-electron chi connectivity index (χ4n) is 2.50. The first-order chi connectivity index (χ1) is 9.22. The predicted molar refractivity (Wildman–Crippen MR) is 67.9 cm³/mol. The number of aromatic nitrogens is 4. The SMILES string of the molecule is NC(=O)N1Cc2nccn2CC(Cn2cccn2)C1. The topological polar surface area (TPSA) is 82.0 Å². The molecule has 100 valence electrons. The minimum atomic E-state index is -0.401. The minimum absolute atomic E-state index is 0.267. The lowest BCUT2D eigenvalue weighted by atomic mass is 10.1. The molecule has 3 rings (SSSR count). The second kappa shape index (κ2) is 4.75. The van der Waals surface area contributed by atoms with Crippen LogP contribution >= 0.6 is 0 Å². The van der Waals surface area contributed by atoms with Crippen LogP contribution in [-0.2, 0) is 19.6 Å². The molecule has 0 spiro atoms. The van der Waals surface area contributed by atoms with Crippen LogP contribution in [0.2, 0.25) is 0 Å². The van der Waals surface area contributed by atoms with Crippen molar-refractivity contribution in [3.8, 4) is 0 Å². The van der Waals surface area contributed by atoms with E-state index in [4.69, 9.17) is 5.73 Å².